The Morgan fingerprint density at radius 2 is 2.22 bits per heavy atom. The summed E-state index contributed by atoms with van der Waals surface area (Å²) in [5.41, 5.74) is 10.6. The minimum Gasteiger partial charge on any atom is -0.511 e. The normalized spacial score (nSPS) is 13.1. The number of hydrogen-bond donors (Lipinski definition) is 3. The first-order chi connectivity index (χ1) is 4.18. The summed E-state index contributed by atoms with van der Waals surface area (Å²) in [5.74, 6) is 0.0449. The van der Waals surface area contributed by atoms with Gasteiger partial charge >= 0.3 is 0 Å². The summed E-state index contributed by atoms with van der Waals surface area (Å²) in [5, 5.41) is 8.69. The second-order valence-electron chi connectivity index (χ2n) is 2.03. The molecule has 0 bridgehead atoms. The first kappa shape index (κ1) is 8.46. The van der Waals surface area contributed by atoms with Gasteiger partial charge in [0, 0.05) is 0 Å². The minimum atomic E-state index is -0.298. The lowest BCUT2D eigenvalue weighted by molar-refractivity contribution is 0.360. The zero-order valence-electron chi connectivity index (χ0n) is 5.51. The quantitative estimate of drug-likeness (QED) is 0.473. The Labute approximate surface area is 55.3 Å². The van der Waals surface area contributed by atoms with Crippen molar-refractivity contribution in [3.63, 3.8) is 0 Å². The summed E-state index contributed by atoms with van der Waals surface area (Å²) in [6.07, 6.45) is 1.55. The van der Waals surface area contributed by atoms with Crippen molar-refractivity contribution in [3.05, 3.63) is 12.3 Å². The van der Waals surface area contributed by atoms with E-state index in [0.29, 0.717) is 13.0 Å². The molecule has 0 aromatic heterocycles. The fourth-order valence-electron chi connectivity index (χ4n) is 0.504. The highest BCUT2D eigenvalue weighted by atomic mass is 16.3. The molecule has 0 aliphatic carbocycles. The Kier molecular flexibility index (Phi) is 4.09. The Morgan fingerprint density at radius 1 is 1.67 bits per heavy atom. The fraction of sp³-hybridized carbons (Fsp3) is 0.667. The smallest absolute Gasteiger partial charge is 0.102 e. The number of hydrogen-bond acceptors (Lipinski definition) is 3. The molecule has 54 valence electrons. The Bertz CT molecular complexity index is 93.1. The van der Waals surface area contributed by atoms with Gasteiger partial charge in [0.15, 0.2) is 0 Å². The highest BCUT2D eigenvalue weighted by molar-refractivity contribution is 4.91. The van der Waals surface area contributed by atoms with Gasteiger partial charge in [-0.15, -0.1) is 0 Å². The molecule has 9 heavy (non-hydrogen) atoms. The molecule has 5 N–H and O–H groups in total. The van der Waals surface area contributed by atoms with E-state index in [4.69, 9.17) is 16.6 Å². The van der Waals surface area contributed by atoms with E-state index in [2.05, 4.69) is 6.58 Å². The number of rotatable bonds is 4. The van der Waals surface area contributed by atoms with Crippen molar-refractivity contribution in [2.75, 3.05) is 6.54 Å². The van der Waals surface area contributed by atoms with Crippen molar-refractivity contribution < 1.29 is 5.11 Å². The number of nitrogens with two attached hydrogens (primary N) is 2. The predicted molar refractivity (Wildman–Crippen MR) is 38.0 cm³/mol. The lowest BCUT2D eigenvalue weighted by atomic mass is 10.1. The van der Waals surface area contributed by atoms with Gasteiger partial charge in [-0.05, 0) is 19.4 Å². The molecule has 0 aromatic rings. The molecular formula is C6H14N2O. The number of aliphatic hydroxyl groups excluding tert-OH is 1. The van der Waals surface area contributed by atoms with Crippen molar-refractivity contribution in [2.45, 2.75) is 18.9 Å². The zero-order chi connectivity index (χ0) is 7.28. The molecule has 0 saturated carbocycles. The van der Waals surface area contributed by atoms with Crippen molar-refractivity contribution in [1.82, 2.24) is 0 Å². The standard InChI is InChI=1S/C6H14N2O/c1-5(9)6(8)3-2-4-7/h6,9H,1-4,7-8H2/t6-/m0/s1. The Morgan fingerprint density at radius 3 is 2.56 bits per heavy atom. The maximum Gasteiger partial charge on any atom is 0.102 e. The molecule has 0 rings (SSSR count). The van der Waals surface area contributed by atoms with E-state index in [-0.39, 0.29) is 11.8 Å². The first-order valence-electron chi connectivity index (χ1n) is 3.02. The van der Waals surface area contributed by atoms with Crippen molar-refractivity contribution in [2.24, 2.45) is 11.5 Å². The van der Waals surface area contributed by atoms with Crippen LogP contribution in [0.3, 0.4) is 0 Å². The molecule has 0 saturated heterocycles. The molecule has 0 unspecified atom stereocenters. The molecule has 0 aliphatic rings. The van der Waals surface area contributed by atoms with Gasteiger partial charge < -0.3 is 16.6 Å². The van der Waals surface area contributed by atoms with Crippen LogP contribution in [0.1, 0.15) is 12.8 Å². The van der Waals surface area contributed by atoms with Crippen molar-refractivity contribution >= 4 is 0 Å². The summed E-state index contributed by atoms with van der Waals surface area (Å²) in [7, 11) is 0. The van der Waals surface area contributed by atoms with E-state index in [1.165, 1.54) is 0 Å². The molecule has 3 heteroatoms. The summed E-state index contributed by atoms with van der Waals surface area (Å²) in [6, 6.07) is -0.298. The molecule has 0 heterocycles. The van der Waals surface area contributed by atoms with Gasteiger partial charge in [-0.25, -0.2) is 0 Å². The monoisotopic (exact) mass is 130 g/mol. The van der Waals surface area contributed by atoms with Crippen LogP contribution in [0.2, 0.25) is 0 Å². The van der Waals surface area contributed by atoms with Gasteiger partial charge in [-0.1, -0.05) is 6.58 Å². The van der Waals surface area contributed by atoms with Crippen LogP contribution < -0.4 is 11.5 Å². The van der Waals surface area contributed by atoms with Crippen LogP contribution in [0.4, 0.5) is 0 Å². The topological polar surface area (TPSA) is 72.3 Å². The average molecular weight is 130 g/mol. The van der Waals surface area contributed by atoms with Gasteiger partial charge in [-0.2, -0.15) is 0 Å². The molecule has 0 amide bonds. The average Bonchev–Trinajstić information content (AvgIpc) is 1.82. The lowest BCUT2D eigenvalue weighted by Gasteiger charge is -2.07. The highest BCUT2D eigenvalue weighted by Gasteiger charge is 2.02. The lowest BCUT2D eigenvalue weighted by Crippen LogP contribution is -2.22. The molecule has 3 nitrogen and oxygen atoms in total. The van der Waals surface area contributed by atoms with E-state index in [0.717, 1.165) is 6.42 Å². The van der Waals surface area contributed by atoms with Crippen LogP contribution in [0, 0.1) is 0 Å². The molecular weight excluding hydrogens is 116 g/mol. The molecule has 0 fully saturated rings. The second-order valence-corrected chi connectivity index (χ2v) is 2.03. The van der Waals surface area contributed by atoms with Crippen LogP contribution in [0.25, 0.3) is 0 Å². The molecule has 1 atom stereocenters. The van der Waals surface area contributed by atoms with E-state index in [1.807, 2.05) is 0 Å². The summed E-state index contributed by atoms with van der Waals surface area (Å²) >= 11 is 0. The maximum atomic E-state index is 8.69. The molecule has 0 radical (unpaired) electrons. The van der Waals surface area contributed by atoms with E-state index in [1.54, 1.807) is 0 Å². The third-order valence-electron chi connectivity index (χ3n) is 1.15. The van der Waals surface area contributed by atoms with Crippen LogP contribution in [0.5, 0.6) is 0 Å². The van der Waals surface area contributed by atoms with Gasteiger partial charge in [0.25, 0.3) is 0 Å². The number of aliphatic hydroxyl groups is 1. The van der Waals surface area contributed by atoms with Crippen molar-refractivity contribution in [1.29, 1.82) is 0 Å². The fourth-order valence-corrected chi connectivity index (χ4v) is 0.504. The zero-order valence-corrected chi connectivity index (χ0v) is 5.51. The van der Waals surface area contributed by atoms with E-state index in [9.17, 15) is 0 Å². The third kappa shape index (κ3) is 4.00. The van der Waals surface area contributed by atoms with Crippen LogP contribution in [0.15, 0.2) is 12.3 Å². The molecule has 0 aliphatic heterocycles. The van der Waals surface area contributed by atoms with Gasteiger partial charge in [0.2, 0.25) is 0 Å². The second kappa shape index (κ2) is 4.35. The first-order valence-corrected chi connectivity index (χ1v) is 3.02. The largest absolute Gasteiger partial charge is 0.511 e. The van der Waals surface area contributed by atoms with Crippen LogP contribution >= 0.6 is 0 Å². The predicted octanol–water partition coefficient (Wildman–Crippen LogP) is 0.124. The summed E-state index contributed by atoms with van der Waals surface area (Å²) in [4.78, 5) is 0. The van der Waals surface area contributed by atoms with Crippen LogP contribution in [-0.2, 0) is 0 Å². The van der Waals surface area contributed by atoms with E-state index < -0.39 is 0 Å². The maximum absolute atomic E-state index is 8.69. The summed E-state index contributed by atoms with van der Waals surface area (Å²) < 4.78 is 0. The Balaban J connectivity index is 3.27. The van der Waals surface area contributed by atoms with Gasteiger partial charge in [0.1, 0.15) is 5.76 Å². The van der Waals surface area contributed by atoms with Gasteiger partial charge in [0.05, 0.1) is 6.04 Å². The minimum absolute atomic E-state index is 0.0449. The third-order valence-corrected chi connectivity index (χ3v) is 1.15. The molecule has 0 aromatic carbocycles. The molecule has 0 spiro atoms. The SMILES string of the molecule is C=C(O)[C@@H](N)CCCN. The van der Waals surface area contributed by atoms with Gasteiger partial charge in [-0.3, -0.25) is 0 Å². The highest BCUT2D eigenvalue weighted by Crippen LogP contribution is 1.98. The summed E-state index contributed by atoms with van der Waals surface area (Å²) in [6.45, 7) is 3.91. The van der Waals surface area contributed by atoms with Crippen LogP contribution in [-0.4, -0.2) is 17.7 Å². The van der Waals surface area contributed by atoms with Crippen molar-refractivity contribution in [3.8, 4) is 0 Å². The Hall–Kier alpha value is -0.540. The van der Waals surface area contributed by atoms with E-state index >= 15 is 0 Å².